The summed E-state index contributed by atoms with van der Waals surface area (Å²) in [6.07, 6.45) is 1.59. The second kappa shape index (κ2) is 10.1. The summed E-state index contributed by atoms with van der Waals surface area (Å²) in [7, 11) is 0. The summed E-state index contributed by atoms with van der Waals surface area (Å²) < 4.78 is 0. The predicted octanol–water partition coefficient (Wildman–Crippen LogP) is 10.00. The molecule has 7 aromatic carbocycles. The quantitative estimate of drug-likeness (QED) is 0.211. The van der Waals surface area contributed by atoms with Gasteiger partial charge in [-0.2, -0.15) is 0 Å². The maximum atomic E-state index is 4.82. The zero-order valence-corrected chi connectivity index (χ0v) is 22.8. The molecule has 0 N–H and O–H groups in total. The van der Waals surface area contributed by atoms with Gasteiger partial charge in [0.05, 0.1) is 0 Å². The zero-order chi connectivity index (χ0) is 27.9. The van der Waals surface area contributed by atoms with Crippen LogP contribution in [0.15, 0.2) is 152 Å². The average molecular weight is 536 g/mol. The summed E-state index contributed by atoms with van der Waals surface area (Å²) in [5.74, 6) is 1.33. The molecule has 0 atom stereocenters. The summed E-state index contributed by atoms with van der Waals surface area (Å²) in [5, 5.41) is 7.72. The van der Waals surface area contributed by atoms with E-state index in [1.54, 1.807) is 6.33 Å². The Morgan fingerprint density at radius 1 is 0.310 bits per heavy atom. The third kappa shape index (κ3) is 4.11. The van der Waals surface area contributed by atoms with Gasteiger partial charge in [0.25, 0.3) is 0 Å². The van der Waals surface area contributed by atoms with Crippen molar-refractivity contribution in [2.45, 2.75) is 0 Å². The van der Waals surface area contributed by atoms with Crippen LogP contribution in [0, 0.1) is 0 Å². The molecule has 0 aliphatic rings. The average Bonchev–Trinajstić information content (AvgIpc) is 3.09. The molecule has 8 aromatic rings. The number of fused-ring (bicyclic) bond motifs is 6. The molecule has 0 aliphatic carbocycles. The lowest BCUT2D eigenvalue weighted by Crippen LogP contribution is -1.96. The molecule has 0 radical (unpaired) electrons. The molecule has 0 unspecified atom stereocenters. The smallest absolute Gasteiger partial charge is 0.163 e. The number of aromatic nitrogens is 3. The van der Waals surface area contributed by atoms with Crippen LogP contribution in [-0.2, 0) is 0 Å². The van der Waals surface area contributed by atoms with Crippen molar-refractivity contribution < 1.29 is 0 Å². The van der Waals surface area contributed by atoms with Crippen LogP contribution in [0.4, 0.5) is 0 Å². The van der Waals surface area contributed by atoms with Crippen LogP contribution >= 0.6 is 0 Å². The molecule has 0 saturated carbocycles. The molecule has 0 fully saturated rings. The minimum Gasteiger partial charge on any atom is -0.217 e. The minimum absolute atomic E-state index is 0.664. The van der Waals surface area contributed by atoms with Crippen LogP contribution in [0.5, 0.6) is 0 Å². The standard InChI is InChI=1S/C39H25N3/c1-2-10-28(11-3-1)38-40-25-41-39(42-38)36-17-9-4-12-30(36)27-20-18-26(19-21-27)29-22-23-35-33-15-6-5-13-31(33)32-14-7-8-16-34(32)37(35)24-29/h1-25H. The predicted molar refractivity (Wildman–Crippen MR) is 174 cm³/mol. The van der Waals surface area contributed by atoms with E-state index in [1.807, 2.05) is 36.4 Å². The fraction of sp³-hybridized carbons (Fsp3) is 0. The first-order valence-electron chi connectivity index (χ1n) is 14.1. The van der Waals surface area contributed by atoms with E-state index < -0.39 is 0 Å². The topological polar surface area (TPSA) is 38.7 Å². The highest BCUT2D eigenvalue weighted by Gasteiger charge is 2.13. The Morgan fingerprint density at radius 3 is 1.50 bits per heavy atom. The highest BCUT2D eigenvalue weighted by atomic mass is 15.0. The monoisotopic (exact) mass is 535 g/mol. The number of hydrogen-bond donors (Lipinski definition) is 0. The molecule has 0 spiro atoms. The highest BCUT2D eigenvalue weighted by molar-refractivity contribution is 6.25. The molecule has 0 amide bonds. The Balaban J connectivity index is 1.20. The number of hydrogen-bond acceptors (Lipinski definition) is 3. The molecule has 0 aliphatic heterocycles. The van der Waals surface area contributed by atoms with Gasteiger partial charge in [-0.25, -0.2) is 15.0 Å². The lowest BCUT2D eigenvalue weighted by atomic mass is 9.91. The normalized spacial score (nSPS) is 11.3. The van der Waals surface area contributed by atoms with Crippen molar-refractivity contribution in [1.29, 1.82) is 0 Å². The first-order chi connectivity index (χ1) is 20.8. The lowest BCUT2D eigenvalue weighted by molar-refractivity contribution is 1.07. The Morgan fingerprint density at radius 2 is 0.810 bits per heavy atom. The molecule has 3 heteroatoms. The summed E-state index contributed by atoms with van der Waals surface area (Å²) in [6, 6.07) is 51.4. The first-order valence-corrected chi connectivity index (χ1v) is 14.1. The van der Waals surface area contributed by atoms with E-state index in [1.165, 1.54) is 43.4 Å². The van der Waals surface area contributed by atoms with Gasteiger partial charge in [-0.05, 0) is 60.6 Å². The van der Waals surface area contributed by atoms with Crippen molar-refractivity contribution in [1.82, 2.24) is 15.0 Å². The van der Waals surface area contributed by atoms with E-state index in [-0.39, 0.29) is 0 Å². The molecular formula is C39H25N3. The van der Waals surface area contributed by atoms with Crippen LogP contribution in [-0.4, -0.2) is 15.0 Å². The third-order valence-electron chi connectivity index (χ3n) is 8.05. The molecule has 8 rings (SSSR count). The van der Waals surface area contributed by atoms with Crippen molar-refractivity contribution in [2.75, 3.05) is 0 Å². The zero-order valence-electron chi connectivity index (χ0n) is 22.8. The molecule has 1 aromatic heterocycles. The van der Waals surface area contributed by atoms with E-state index in [9.17, 15) is 0 Å². The fourth-order valence-electron chi connectivity index (χ4n) is 6.01. The van der Waals surface area contributed by atoms with Crippen molar-refractivity contribution in [2.24, 2.45) is 0 Å². The number of rotatable bonds is 4. The van der Waals surface area contributed by atoms with Gasteiger partial charge in [0.2, 0.25) is 0 Å². The Labute approximate surface area is 243 Å². The Bertz CT molecular complexity index is 2200. The highest BCUT2D eigenvalue weighted by Crippen LogP contribution is 2.38. The second-order valence-corrected chi connectivity index (χ2v) is 10.5. The Kier molecular flexibility index (Phi) is 5.79. The SMILES string of the molecule is c1ccc(-c2ncnc(-c3ccccc3-c3ccc(-c4ccc5c6ccccc6c6ccccc6c5c4)cc3)n2)cc1. The van der Waals surface area contributed by atoms with Gasteiger partial charge in [-0.3, -0.25) is 0 Å². The van der Waals surface area contributed by atoms with Gasteiger partial charge in [0.1, 0.15) is 6.33 Å². The van der Waals surface area contributed by atoms with Crippen molar-refractivity contribution in [3.05, 3.63) is 152 Å². The lowest BCUT2D eigenvalue weighted by Gasteiger charge is -2.13. The molecule has 0 bridgehead atoms. The van der Waals surface area contributed by atoms with Crippen LogP contribution < -0.4 is 0 Å². The van der Waals surface area contributed by atoms with Crippen LogP contribution in [0.2, 0.25) is 0 Å². The minimum atomic E-state index is 0.664. The molecule has 0 saturated heterocycles. The summed E-state index contributed by atoms with van der Waals surface area (Å²) in [4.78, 5) is 13.8. The molecular weight excluding hydrogens is 510 g/mol. The van der Waals surface area contributed by atoms with Gasteiger partial charge in [0, 0.05) is 11.1 Å². The first kappa shape index (κ1) is 24.2. The van der Waals surface area contributed by atoms with Crippen LogP contribution in [0.25, 0.3) is 77.3 Å². The van der Waals surface area contributed by atoms with Gasteiger partial charge >= 0.3 is 0 Å². The van der Waals surface area contributed by atoms with Gasteiger partial charge in [-0.15, -0.1) is 0 Å². The van der Waals surface area contributed by atoms with Gasteiger partial charge < -0.3 is 0 Å². The maximum absolute atomic E-state index is 4.82. The van der Waals surface area contributed by atoms with Crippen molar-refractivity contribution in [3.8, 4) is 45.0 Å². The van der Waals surface area contributed by atoms with E-state index in [0.29, 0.717) is 11.6 Å². The molecule has 3 nitrogen and oxygen atoms in total. The largest absolute Gasteiger partial charge is 0.217 e. The van der Waals surface area contributed by atoms with E-state index >= 15 is 0 Å². The number of nitrogens with zero attached hydrogens (tertiary/aromatic N) is 3. The summed E-state index contributed by atoms with van der Waals surface area (Å²) >= 11 is 0. The van der Waals surface area contributed by atoms with Gasteiger partial charge in [-0.1, -0.05) is 140 Å². The second-order valence-electron chi connectivity index (χ2n) is 10.5. The fourth-order valence-corrected chi connectivity index (χ4v) is 6.01. The summed E-state index contributed by atoms with van der Waals surface area (Å²) in [6.45, 7) is 0. The molecule has 196 valence electrons. The van der Waals surface area contributed by atoms with Gasteiger partial charge in [0.15, 0.2) is 11.6 Å². The van der Waals surface area contributed by atoms with Crippen molar-refractivity contribution >= 4 is 32.3 Å². The maximum Gasteiger partial charge on any atom is 0.163 e. The third-order valence-corrected chi connectivity index (χ3v) is 8.05. The van der Waals surface area contributed by atoms with Crippen LogP contribution in [0.1, 0.15) is 0 Å². The van der Waals surface area contributed by atoms with Crippen molar-refractivity contribution in [3.63, 3.8) is 0 Å². The Hall–Kier alpha value is -5.67. The molecule has 1 heterocycles. The summed E-state index contributed by atoms with van der Waals surface area (Å²) in [5.41, 5.74) is 6.54. The van der Waals surface area contributed by atoms with E-state index in [4.69, 9.17) is 4.98 Å². The molecule has 42 heavy (non-hydrogen) atoms. The van der Waals surface area contributed by atoms with E-state index in [0.717, 1.165) is 22.3 Å². The van der Waals surface area contributed by atoms with Crippen LogP contribution in [0.3, 0.4) is 0 Å². The van der Waals surface area contributed by atoms with E-state index in [2.05, 4.69) is 119 Å². The number of benzene rings is 7.